The molecule has 0 radical (unpaired) electrons. The van der Waals surface area contributed by atoms with Crippen molar-refractivity contribution in [1.82, 2.24) is 5.16 Å². The van der Waals surface area contributed by atoms with Crippen LogP contribution in [-0.2, 0) is 19.7 Å². The third-order valence-electron chi connectivity index (χ3n) is 3.67. The van der Waals surface area contributed by atoms with Gasteiger partial charge in [-0.3, -0.25) is 4.79 Å². The maximum Gasteiger partial charge on any atom is 0.257 e. The highest BCUT2D eigenvalue weighted by atomic mass is 16.5. The van der Waals surface area contributed by atoms with Gasteiger partial charge in [-0.15, -0.1) is 0 Å². The van der Waals surface area contributed by atoms with Gasteiger partial charge in [0.05, 0.1) is 6.10 Å². The number of ether oxygens (including phenoxy) is 2. The number of hydrogen-bond donors (Lipinski definition) is 1. The summed E-state index contributed by atoms with van der Waals surface area (Å²) in [4.78, 5) is 12.4. The lowest BCUT2D eigenvalue weighted by Crippen LogP contribution is -2.44. The molecule has 6 nitrogen and oxygen atoms in total. The fourth-order valence-corrected chi connectivity index (χ4v) is 2.22. The lowest BCUT2D eigenvalue weighted by molar-refractivity contribution is -0.151. The standard InChI is InChI=1S/C16H26N2O4/c1-15(2,3)12-10-13(18-22-12)17-14(19)16(4,5)21-11-6-8-20-9-7-11/h10-11H,6-9H2,1-5H3,(H,17,18,19). The molecular formula is C16H26N2O4. The average molecular weight is 310 g/mol. The second-order valence-corrected chi connectivity index (χ2v) is 7.22. The molecule has 22 heavy (non-hydrogen) atoms. The molecule has 124 valence electrons. The molecule has 1 saturated heterocycles. The van der Waals surface area contributed by atoms with Gasteiger partial charge in [-0.1, -0.05) is 25.9 Å². The number of amides is 1. The number of rotatable bonds is 4. The largest absolute Gasteiger partial charge is 0.381 e. The Kier molecular flexibility index (Phi) is 4.92. The number of carbonyl (C=O) groups is 1. The lowest BCUT2D eigenvalue weighted by Gasteiger charge is -2.31. The van der Waals surface area contributed by atoms with Crippen molar-refractivity contribution in [3.63, 3.8) is 0 Å². The van der Waals surface area contributed by atoms with Crippen molar-refractivity contribution in [1.29, 1.82) is 0 Å². The summed E-state index contributed by atoms with van der Waals surface area (Å²) in [6, 6.07) is 1.75. The van der Waals surface area contributed by atoms with E-state index in [0.29, 0.717) is 19.0 Å². The van der Waals surface area contributed by atoms with Gasteiger partial charge in [-0.25, -0.2) is 0 Å². The molecule has 1 aromatic heterocycles. The minimum atomic E-state index is -0.928. The van der Waals surface area contributed by atoms with Gasteiger partial charge in [0.1, 0.15) is 11.4 Å². The van der Waals surface area contributed by atoms with Crippen molar-refractivity contribution in [2.24, 2.45) is 0 Å². The number of aromatic nitrogens is 1. The van der Waals surface area contributed by atoms with Gasteiger partial charge in [0.25, 0.3) is 5.91 Å². The number of carbonyl (C=O) groups excluding carboxylic acids is 1. The fourth-order valence-electron chi connectivity index (χ4n) is 2.22. The van der Waals surface area contributed by atoms with Crippen molar-refractivity contribution >= 4 is 11.7 Å². The minimum Gasteiger partial charge on any atom is -0.381 e. The summed E-state index contributed by atoms with van der Waals surface area (Å²) in [6.45, 7) is 11.0. The molecule has 2 rings (SSSR count). The summed E-state index contributed by atoms with van der Waals surface area (Å²) >= 11 is 0. The Balaban J connectivity index is 1.96. The van der Waals surface area contributed by atoms with Crippen LogP contribution in [0.1, 0.15) is 53.2 Å². The first-order valence-corrected chi connectivity index (χ1v) is 7.73. The fraction of sp³-hybridized carbons (Fsp3) is 0.750. The van der Waals surface area contributed by atoms with E-state index in [2.05, 4.69) is 10.5 Å². The Morgan fingerprint density at radius 2 is 1.91 bits per heavy atom. The Morgan fingerprint density at radius 1 is 1.27 bits per heavy atom. The van der Waals surface area contributed by atoms with Crippen LogP contribution in [0.2, 0.25) is 0 Å². The van der Waals surface area contributed by atoms with E-state index < -0.39 is 5.60 Å². The minimum absolute atomic E-state index is 0.0527. The maximum atomic E-state index is 12.4. The average Bonchev–Trinajstić information content (AvgIpc) is 2.88. The molecule has 1 N–H and O–H groups in total. The van der Waals surface area contributed by atoms with Crippen LogP contribution in [-0.4, -0.2) is 36.0 Å². The van der Waals surface area contributed by atoms with Gasteiger partial charge in [0.2, 0.25) is 0 Å². The van der Waals surface area contributed by atoms with E-state index in [4.69, 9.17) is 14.0 Å². The zero-order chi connectivity index (χ0) is 16.4. The predicted octanol–water partition coefficient (Wildman–Crippen LogP) is 2.88. The Morgan fingerprint density at radius 3 is 2.45 bits per heavy atom. The van der Waals surface area contributed by atoms with Crippen LogP contribution < -0.4 is 5.32 Å². The van der Waals surface area contributed by atoms with Gasteiger partial charge < -0.3 is 19.3 Å². The molecule has 0 spiro atoms. The van der Waals surface area contributed by atoms with E-state index in [9.17, 15) is 4.79 Å². The molecule has 1 aliphatic heterocycles. The first-order chi connectivity index (χ1) is 10.2. The zero-order valence-corrected chi connectivity index (χ0v) is 14.1. The summed E-state index contributed by atoms with van der Waals surface area (Å²) in [5.74, 6) is 0.914. The van der Waals surface area contributed by atoms with E-state index in [1.807, 2.05) is 20.8 Å². The number of nitrogens with one attached hydrogen (secondary N) is 1. The lowest BCUT2D eigenvalue weighted by atomic mass is 9.93. The van der Waals surface area contributed by atoms with Gasteiger partial charge in [0, 0.05) is 24.7 Å². The molecule has 6 heteroatoms. The second kappa shape index (κ2) is 6.38. The first-order valence-electron chi connectivity index (χ1n) is 7.73. The summed E-state index contributed by atoms with van der Waals surface area (Å²) in [6.07, 6.45) is 1.68. The van der Waals surface area contributed by atoms with Crippen molar-refractivity contribution in [2.45, 2.75) is 64.6 Å². The quantitative estimate of drug-likeness (QED) is 0.925. The molecule has 1 amide bonds. The SMILES string of the molecule is CC(C)(OC1CCOCC1)C(=O)Nc1cc(C(C)(C)C)on1. The van der Waals surface area contributed by atoms with Crippen molar-refractivity contribution in [2.75, 3.05) is 18.5 Å². The van der Waals surface area contributed by atoms with Gasteiger partial charge in [-0.2, -0.15) is 0 Å². The molecule has 1 aromatic rings. The van der Waals surface area contributed by atoms with E-state index in [-0.39, 0.29) is 17.4 Å². The zero-order valence-electron chi connectivity index (χ0n) is 14.1. The highest BCUT2D eigenvalue weighted by Gasteiger charge is 2.33. The van der Waals surface area contributed by atoms with E-state index >= 15 is 0 Å². The molecule has 0 unspecified atom stereocenters. The molecule has 2 heterocycles. The van der Waals surface area contributed by atoms with Crippen LogP contribution in [0.4, 0.5) is 5.82 Å². The Labute approximate surface area is 131 Å². The third kappa shape index (κ3) is 4.30. The maximum absolute atomic E-state index is 12.4. The van der Waals surface area contributed by atoms with E-state index in [1.165, 1.54) is 0 Å². The van der Waals surface area contributed by atoms with Crippen LogP contribution in [0, 0.1) is 0 Å². The molecule has 1 fully saturated rings. The van der Waals surface area contributed by atoms with E-state index in [0.717, 1.165) is 18.6 Å². The van der Waals surface area contributed by atoms with Crippen molar-refractivity contribution < 1.29 is 18.8 Å². The molecule has 0 atom stereocenters. The highest BCUT2D eigenvalue weighted by Crippen LogP contribution is 2.25. The highest BCUT2D eigenvalue weighted by molar-refractivity contribution is 5.96. The first kappa shape index (κ1) is 17.0. The monoisotopic (exact) mass is 310 g/mol. The van der Waals surface area contributed by atoms with Crippen LogP contribution in [0.5, 0.6) is 0 Å². The van der Waals surface area contributed by atoms with Crippen LogP contribution in [0.25, 0.3) is 0 Å². The Hall–Kier alpha value is -1.40. The summed E-state index contributed by atoms with van der Waals surface area (Å²) in [5.41, 5.74) is -1.08. The summed E-state index contributed by atoms with van der Waals surface area (Å²) in [5, 5.41) is 6.66. The Bertz CT molecular complexity index is 510. The molecule has 0 saturated carbocycles. The van der Waals surface area contributed by atoms with Gasteiger partial charge >= 0.3 is 0 Å². The van der Waals surface area contributed by atoms with Crippen molar-refractivity contribution in [3.8, 4) is 0 Å². The van der Waals surface area contributed by atoms with Crippen LogP contribution >= 0.6 is 0 Å². The molecular weight excluding hydrogens is 284 g/mol. The molecule has 0 aromatic carbocycles. The number of anilines is 1. The normalized spacial score (nSPS) is 17.5. The van der Waals surface area contributed by atoms with Crippen LogP contribution in [0.15, 0.2) is 10.6 Å². The van der Waals surface area contributed by atoms with Crippen LogP contribution in [0.3, 0.4) is 0 Å². The molecule has 0 aliphatic carbocycles. The van der Waals surface area contributed by atoms with Crippen molar-refractivity contribution in [3.05, 3.63) is 11.8 Å². The van der Waals surface area contributed by atoms with Gasteiger partial charge in [-0.05, 0) is 26.7 Å². The number of hydrogen-bond acceptors (Lipinski definition) is 5. The topological polar surface area (TPSA) is 73.6 Å². The molecule has 1 aliphatic rings. The van der Waals surface area contributed by atoms with E-state index in [1.54, 1.807) is 19.9 Å². The predicted molar refractivity (Wildman–Crippen MR) is 82.8 cm³/mol. The second-order valence-electron chi connectivity index (χ2n) is 7.22. The smallest absolute Gasteiger partial charge is 0.257 e. The van der Waals surface area contributed by atoms with Gasteiger partial charge in [0.15, 0.2) is 5.82 Å². The summed E-state index contributed by atoms with van der Waals surface area (Å²) < 4.78 is 16.5. The summed E-state index contributed by atoms with van der Waals surface area (Å²) in [7, 11) is 0. The molecule has 0 bridgehead atoms. The number of nitrogens with zero attached hydrogens (tertiary/aromatic N) is 1. The third-order valence-corrected chi connectivity index (χ3v) is 3.67.